The predicted octanol–water partition coefficient (Wildman–Crippen LogP) is 8.75. The van der Waals surface area contributed by atoms with Crippen molar-refractivity contribution in [1.29, 1.82) is 0 Å². The summed E-state index contributed by atoms with van der Waals surface area (Å²) in [6, 6.07) is 3.50. The fourth-order valence-corrected chi connectivity index (χ4v) is 4.87. The summed E-state index contributed by atoms with van der Waals surface area (Å²) in [7, 11) is -1.62. The molecule has 0 saturated heterocycles. The molecule has 226 valence electrons. The van der Waals surface area contributed by atoms with E-state index in [1.807, 2.05) is 0 Å². The van der Waals surface area contributed by atoms with Crippen molar-refractivity contribution in [1.82, 2.24) is 0 Å². The maximum Gasteiger partial charge on any atom is 0.492 e. The fourth-order valence-electron chi connectivity index (χ4n) is 4.87. The van der Waals surface area contributed by atoms with E-state index in [1.165, 1.54) is 96.3 Å². The Labute approximate surface area is 241 Å². The Kier molecular flexibility index (Phi) is 23.4. The van der Waals surface area contributed by atoms with Crippen LogP contribution in [0.1, 0.15) is 156 Å². The molecule has 1 rings (SSSR count). The van der Waals surface area contributed by atoms with E-state index in [2.05, 4.69) is 20.8 Å². The van der Waals surface area contributed by atoms with Crippen molar-refractivity contribution in [2.45, 2.75) is 156 Å². The molecule has 0 radical (unpaired) electrons. The molecule has 5 nitrogen and oxygen atoms in total. The highest BCUT2D eigenvalue weighted by Gasteiger charge is 2.25. The zero-order valence-corrected chi connectivity index (χ0v) is 25.8. The number of ether oxygens (including phenoxy) is 3. The maximum absolute atomic E-state index is 10.1. The minimum absolute atomic E-state index is 0.343. The average Bonchev–Trinajstić information content (AvgIpc) is 2.93. The van der Waals surface area contributed by atoms with Gasteiger partial charge in [0.05, 0.1) is 19.8 Å². The Morgan fingerprint density at radius 1 is 0.462 bits per heavy atom. The molecule has 1 aromatic rings. The van der Waals surface area contributed by atoms with Gasteiger partial charge in [-0.1, -0.05) is 142 Å². The smallest absolute Gasteiger partial charge is 0.490 e. The van der Waals surface area contributed by atoms with Crippen molar-refractivity contribution in [3.8, 4) is 17.2 Å². The first-order valence-corrected chi connectivity index (χ1v) is 16.6. The van der Waals surface area contributed by atoms with Crippen LogP contribution in [-0.4, -0.2) is 37.0 Å². The molecule has 0 aromatic heterocycles. The van der Waals surface area contributed by atoms with E-state index in [1.54, 1.807) is 12.1 Å². The Balaban J connectivity index is 2.74. The molecule has 0 spiro atoms. The summed E-state index contributed by atoms with van der Waals surface area (Å²) in [6.07, 6.45) is 25.5. The minimum atomic E-state index is -1.62. The molecule has 0 fully saturated rings. The summed E-state index contributed by atoms with van der Waals surface area (Å²) < 4.78 is 18.6. The number of hydrogen-bond acceptors (Lipinski definition) is 5. The third-order valence-corrected chi connectivity index (χ3v) is 7.38. The molecule has 0 bridgehead atoms. The van der Waals surface area contributed by atoms with Crippen molar-refractivity contribution in [2.75, 3.05) is 19.8 Å². The lowest BCUT2D eigenvalue weighted by Crippen LogP contribution is -2.32. The van der Waals surface area contributed by atoms with Crippen molar-refractivity contribution in [3.05, 3.63) is 12.1 Å². The van der Waals surface area contributed by atoms with E-state index in [9.17, 15) is 10.0 Å². The number of benzene rings is 1. The summed E-state index contributed by atoms with van der Waals surface area (Å²) in [5, 5.41) is 20.1. The number of rotatable bonds is 28. The van der Waals surface area contributed by atoms with Crippen molar-refractivity contribution in [3.63, 3.8) is 0 Å². The van der Waals surface area contributed by atoms with Crippen LogP contribution in [0.25, 0.3) is 0 Å². The van der Waals surface area contributed by atoms with Gasteiger partial charge in [-0.25, -0.2) is 0 Å². The van der Waals surface area contributed by atoms with Gasteiger partial charge in [0.25, 0.3) is 0 Å². The topological polar surface area (TPSA) is 68.2 Å². The third-order valence-electron chi connectivity index (χ3n) is 7.38. The van der Waals surface area contributed by atoms with Crippen molar-refractivity contribution in [2.24, 2.45) is 0 Å². The van der Waals surface area contributed by atoms with Crippen LogP contribution in [0.2, 0.25) is 0 Å². The second kappa shape index (κ2) is 25.6. The molecule has 0 aliphatic heterocycles. The molecule has 1 aromatic carbocycles. The van der Waals surface area contributed by atoms with Crippen molar-refractivity contribution >= 4 is 12.6 Å². The van der Waals surface area contributed by atoms with Gasteiger partial charge in [0, 0.05) is 5.46 Å². The predicted molar refractivity (Wildman–Crippen MR) is 167 cm³/mol. The molecule has 6 heteroatoms. The normalized spacial score (nSPS) is 11.1. The van der Waals surface area contributed by atoms with Gasteiger partial charge in [0.1, 0.15) is 0 Å². The summed E-state index contributed by atoms with van der Waals surface area (Å²) in [5.74, 6) is 1.59. The first-order chi connectivity index (χ1) is 19.2. The van der Waals surface area contributed by atoms with Crippen LogP contribution in [0.3, 0.4) is 0 Å². The van der Waals surface area contributed by atoms with Gasteiger partial charge >= 0.3 is 7.12 Å². The molecule has 39 heavy (non-hydrogen) atoms. The molecule has 0 unspecified atom stereocenters. The number of hydrogen-bond donors (Lipinski definition) is 2. The SMILES string of the molecule is CCCCCCCCCOc1ccc(B(O)O)c(OCCCCCCCCC)c1OCCCCCCCCC. The lowest BCUT2D eigenvalue weighted by molar-refractivity contribution is 0.235. The second-order valence-corrected chi connectivity index (χ2v) is 11.1. The van der Waals surface area contributed by atoms with Gasteiger partial charge in [0.2, 0.25) is 5.75 Å². The molecule has 0 atom stereocenters. The van der Waals surface area contributed by atoms with Crippen molar-refractivity contribution < 1.29 is 24.3 Å². The van der Waals surface area contributed by atoms with Crippen LogP contribution in [-0.2, 0) is 0 Å². The lowest BCUT2D eigenvalue weighted by atomic mass is 9.79. The van der Waals surface area contributed by atoms with Gasteiger partial charge in [0.15, 0.2) is 11.5 Å². The van der Waals surface area contributed by atoms with Gasteiger partial charge in [-0.3, -0.25) is 0 Å². The standard InChI is InChI=1S/C33H61BO5/c1-4-7-10-13-16-19-22-27-37-31-26-25-30(34(35)36)32(38-28-23-20-17-14-11-8-5-2)33(31)39-29-24-21-18-15-12-9-6-3/h25-26,35-36H,4-24,27-29H2,1-3H3. The molecular weight excluding hydrogens is 487 g/mol. The Morgan fingerprint density at radius 2 is 0.821 bits per heavy atom. The van der Waals surface area contributed by atoms with E-state index in [-0.39, 0.29) is 0 Å². The van der Waals surface area contributed by atoms with E-state index in [0.29, 0.717) is 42.5 Å². The summed E-state index contributed by atoms with van der Waals surface area (Å²) in [5.41, 5.74) is 0.343. The monoisotopic (exact) mass is 548 g/mol. The van der Waals surface area contributed by atoms with Gasteiger partial charge in [-0.15, -0.1) is 0 Å². The Morgan fingerprint density at radius 3 is 1.23 bits per heavy atom. The molecule has 0 aliphatic rings. The molecule has 0 amide bonds. The zero-order valence-electron chi connectivity index (χ0n) is 25.8. The lowest BCUT2D eigenvalue weighted by Gasteiger charge is -2.20. The highest BCUT2D eigenvalue weighted by Crippen LogP contribution is 2.37. The van der Waals surface area contributed by atoms with Gasteiger partial charge in [-0.2, -0.15) is 0 Å². The van der Waals surface area contributed by atoms with Crippen LogP contribution in [0.4, 0.5) is 0 Å². The van der Waals surface area contributed by atoms with Crippen LogP contribution >= 0.6 is 0 Å². The van der Waals surface area contributed by atoms with Crippen LogP contribution in [0.15, 0.2) is 12.1 Å². The highest BCUT2D eigenvalue weighted by atomic mass is 16.5. The first-order valence-electron chi connectivity index (χ1n) is 16.6. The second-order valence-electron chi connectivity index (χ2n) is 11.1. The molecule has 2 N–H and O–H groups in total. The number of unbranched alkanes of at least 4 members (excludes halogenated alkanes) is 18. The molecular formula is C33H61BO5. The summed E-state index contributed by atoms with van der Waals surface area (Å²) in [6.45, 7) is 8.45. The highest BCUT2D eigenvalue weighted by molar-refractivity contribution is 6.59. The molecule has 0 aliphatic carbocycles. The third kappa shape index (κ3) is 17.8. The van der Waals surface area contributed by atoms with Crippen LogP contribution < -0.4 is 19.7 Å². The van der Waals surface area contributed by atoms with E-state index < -0.39 is 7.12 Å². The zero-order chi connectivity index (χ0) is 28.4. The van der Waals surface area contributed by atoms with E-state index in [0.717, 1.165) is 38.5 Å². The first kappa shape index (κ1) is 35.6. The Bertz CT molecular complexity index is 682. The summed E-state index contributed by atoms with van der Waals surface area (Å²) in [4.78, 5) is 0. The van der Waals surface area contributed by atoms with Crippen LogP contribution in [0.5, 0.6) is 17.2 Å². The Hall–Kier alpha value is -1.40. The van der Waals surface area contributed by atoms with Gasteiger partial charge in [-0.05, 0) is 25.3 Å². The maximum atomic E-state index is 10.1. The fraction of sp³-hybridized carbons (Fsp3) is 0.818. The van der Waals surface area contributed by atoms with Gasteiger partial charge < -0.3 is 24.3 Å². The quantitative estimate of drug-likeness (QED) is 0.0809. The molecule has 0 saturated carbocycles. The summed E-state index contributed by atoms with van der Waals surface area (Å²) >= 11 is 0. The van der Waals surface area contributed by atoms with Crippen LogP contribution in [0, 0.1) is 0 Å². The molecule has 0 heterocycles. The minimum Gasteiger partial charge on any atom is -0.490 e. The largest absolute Gasteiger partial charge is 0.492 e. The average molecular weight is 549 g/mol. The van der Waals surface area contributed by atoms with E-state index in [4.69, 9.17) is 14.2 Å². The van der Waals surface area contributed by atoms with E-state index >= 15 is 0 Å².